The normalized spacial score (nSPS) is 13.0. The predicted molar refractivity (Wildman–Crippen MR) is 68.5 cm³/mol. The lowest BCUT2D eigenvalue weighted by molar-refractivity contribution is 0.480. The smallest absolute Gasteiger partial charge is 0.149 e. The molecule has 1 atom stereocenters. The fraction of sp³-hybridized carbons (Fsp3) is 0.167. The average Bonchev–Trinajstić information content (AvgIpc) is 2.98. The van der Waals surface area contributed by atoms with Crippen molar-refractivity contribution in [1.29, 1.82) is 0 Å². The SMILES string of the molecule is CNC(c1ncn[nH]1)c1cc2cc(Cl)ccc2o1. The Morgan fingerprint density at radius 1 is 1.39 bits per heavy atom. The van der Waals surface area contributed by atoms with E-state index in [0.717, 1.165) is 16.7 Å². The highest BCUT2D eigenvalue weighted by atomic mass is 35.5. The lowest BCUT2D eigenvalue weighted by Crippen LogP contribution is -2.18. The Kier molecular flexibility index (Phi) is 2.77. The quantitative estimate of drug-likeness (QED) is 0.761. The molecular formula is C12H11ClN4O. The summed E-state index contributed by atoms with van der Waals surface area (Å²) < 4.78 is 5.79. The molecular weight excluding hydrogens is 252 g/mol. The van der Waals surface area contributed by atoms with Crippen molar-refractivity contribution in [1.82, 2.24) is 20.5 Å². The third-order valence-corrected chi connectivity index (χ3v) is 3.01. The largest absolute Gasteiger partial charge is 0.459 e. The van der Waals surface area contributed by atoms with Gasteiger partial charge in [-0.3, -0.25) is 5.10 Å². The van der Waals surface area contributed by atoms with Crippen molar-refractivity contribution in [3.63, 3.8) is 0 Å². The van der Waals surface area contributed by atoms with Crippen LogP contribution in [-0.2, 0) is 0 Å². The minimum atomic E-state index is -0.154. The van der Waals surface area contributed by atoms with Gasteiger partial charge in [-0.05, 0) is 31.3 Å². The molecule has 2 N–H and O–H groups in total. The zero-order chi connectivity index (χ0) is 12.5. The van der Waals surface area contributed by atoms with Gasteiger partial charge in [0.15, 0.2) is 0 Å². The number of furan rings is 1. The molecule has 0 aliphatic carbocycles. The first kappa shape index (κ1) is 11.3. The fourth-order valence-electron chi connectivity index (χ4n) is 1.94. The van der Waals surface area contributed by atoms with E-state index in [0.29, 0.717) is 10.8 Å². The molecule has 3 aromatic rings. The highest BCUT2D eigenvalue weighted by Gasteiger charge is 2.19. The maximum absolute atomic E-state index is 5.96. The molecule has 2 aromatic heterocycles. The lowest BCUT2D eigenvalue weighted by Gasteiger charge is -2.09. The number of H-pyrrole nitrogens is 1. The minimum Gasteiger partial charge on any atom is -0.459 e. The minimum absolute atomic E-state index is 0.154. The molecule has 1 aromatic carbocycles. The summed E-state index contributed by atoms with van der Waals surface area (Å²) in [5.74, 6) is 1.48. The van der Waals surface area contributed by atoms with Crippen LogP contribution in [0.2, 0.25) is 5.02 Å². The first-order valence-electron chi connectivity index (χ1n) is 5.49. The number of hydrogen-bond donors (Lipinski definition) is 2. The standard InChI is InChI=1S/C12H11ClN4O/c1-14-11(12-15-6-16-17-12)10-5-7-4-8(13)2-3-9(7)18-10/h2-6,11,14H,1H3,(H,15,16,17). The van der Waals surface area contributed by atoms with Crippen molar-refractivity contribution < 1.29 is 4.42 Å². The van der Waals surface area contributed by atoms with Crippen molar-refractivity contribution in [2.75, 3.05) is 7.05 Å². The molecule has 0 aliphatic heterocycles. The van der Waals surface area contributed by atoms with Crippen LogP contribution in [-0.4, -0.2) is 22.2 Å². The van der Waals surface area contributed by atoms with Crippen molar-refractivity contribution in [3.8, 4) is 0 Å². The van der Waals surface area contributed by atoms with Crippen LogP contribution in [0.25, 0.3) is 11.0 Å². The van der Waals surface area contributed by atoms with E-state index in [1.165, 1.54) is 6.33 Å². The van der Waals surface area contributed by atoms with E-state index in [1.54, 1.807) is 6.07 Å². The van der Waals surface area contributed by atoms with Crippen LogP contribution in [0.1, 0.15) is 17.6 Å². The molecule has 18 heavy (non-hydrogen) atoms. The lowest BCUT2D eigenvalue weighted by atomic mass is 10.2. The molecule has 0 fully saturated rings. The number of fused-ring (bicyclic) bond motifs is 1. The zero-order valence-electron chi connectivity index (χ0n) is 9.64. The Labute approximate surface area is 108 Å². The van der Waals surface area contributed by atoms with E-state index < -0.39 is 0 Å². The molecule has 0 spiro atoms. The first-order valence-corrected chi connectivity index (χ1v) is 5.87. The molecule has 0 saturated heterocycles. The second-order valence-corrected chi connectivity index (χ2v) is 4.36. The monoisotopic (exact) mass is 262 g/mol. The molecule has 0 bridgehead atoms. The molecule has 0 amide bonds. The summed E-state index contributed by atoms with van der Waals surface area (Å²) in [5, 5.41) is 11.5. The Hall–Kier alpha value is -1.85. The summed E-state index contributed by atoms with van der Waals surface area (Å²) in [5.41, 5.74) is 0.800. The molecule has 0 aliphatic rings. The predicted octanol–water partition coefficient (Wildman–Crippen LogP) is 2.51. The number of nitrogens with one attached hydrogen (secondary N) is 2. The number of halogens is 1. The number of rotatable bonds is 3. The van der Waals surface area contributed by atoms with Crippen molar-refractivity contribution >= 4 is 22.6 Å². The molecule has 0 radical (unpaired) electrons. The van der Waals surface area contributed by atoms with Crippen LogP contribution < -0.4 is 5.32 Å². The van der Waals surface area contributed by atoms with Gasteiger partial charge in [-0.2, -0.15) is 5.10 Å². The maximum Gasteiger partial charge on any atom is 0.149 e. The fourth-order valence-corrected chi connectivity index (χ4v) is 2.13. The van der Waals surface area contributed by atoms with Crippen molar-refractivity contribution in [3.05, 3.63) is 47.2 Å². The van der Waals surface area contributed by atoms with Gasteiger partial charge in [0, 0.05) is 10.4 Å². The number of aromatic amines is 1. The van der Waals surface area contributed by atoms with Gasteiger partial charge >= 0.3 is 0 Å². The van der Waals surface area contributed by atoms with E-state index in [-0.39, 0.29) is 6.04 Å². The van der Waals surface area contributed by atoms with Crippen molar-refractivity contribution in [2.24, 2.45) is 0 Å². The average molecular weight is 263 g/mol. The number of nitrogens with zero attached hydrogens (tertiary/aromatic N) is 2. The van der Waals surface area contributed by atoms with Crippen LogP contribution in [0.3, 0.4) is 0 Å². The summed E-state index contributed by atoms with van der Waals surface area (Å²) in [7, 11) is 1.84. The Balaban J connectivity index is 2.07. The van der Waals surface area contributed by atoms with Gasteiger partial charge in [-0.15, -0.1) is 0 Å². The summed E-state index contributed by atoms with van der Waals surface area (Å²) in [4.78, 5) is 4.14. The second kappa shape index (κ2) is 4.44. The Morgan fingerprint density at radius 3 is 3.00 bits per heavy atom. The van der Waals surface area contributed by atoms with Crippen LogP contribution in [0.15, 0.2) is 35.0 Å². The van der Waals surface area contributed by atoms with Crippen LogP contribution in [0.5, 0.6) is 0 Å². The number of hydrogen-bond acceptors (Lipinski definition) is 4. The third-order valence-electron chi connectivity index (χ3n) is 2.78. The molecule has 6 heteroatoms. The zero-order valence-corrected chi connectivity index (χ0v) is 10.4. The van der Waals surface area contributed by atoms with Gasteiger partial charge in [0.2, 0.25) is 0 Å². The molecule has 5 nitrogen and oxygen atoms in total. The summed E-state index contributed by atoms with van der Waals surface area (Å²) in [6.45, 7) is 0. The Bertz CT molecular complexity index is 662. The van der Waals surface area contributed by atoms with Gasteiger partial charge < -0.3 is 9.73 Å². The van der Waals surface area contributed by atoms with Gasteiger partial charge in [-0.1, -0.05) is 11.6 Å². The summed E-state index contributed by atoms with van der Waals surface area (Å²) in [6, 6.07) is 7.33. The van der Waals surface area contributed by atoms with Gasteiger partial charge in [0.05, 0.1) is 0 Å². The van der Waals surface area contributed by atoms with Crippen LogP contribution >= 0.6 is 11.6 Å². The van der Waals surface area contributed by atoms with E-state index in [4.69, 9.17) is 16.0 Å². The topological polar surface area (TPSA) is 66.7 Å². The molecule has 2 heterocycles. The molecule has 1 unspecified atom stereocenters. The van der Waals surface area contributed by atoms with E-state index in [9.17, 15) is 0 Å². The van der Waals surface area contributed by atoms with Crippen LogP contribution in [0.4, 0.5) is 0 Å². The summed E-state index contributed by atoms with van der Waals surface area (Å²) >= 11 is 5.96. The molecule has 92 valence electrons. The molecule has 3 rings (SSSR count). The van der Waals surface area contributed by atoms with E-state index in [1.807, 2.05) is 25.2 Å². The highest BCUT2D eigenvalue weighted by Crippen LogP contribution is 2.28. The summed E-state index contributed by atoms with van der Waals surface area (Å²) in [6.07, 6.45) is 1.47. The first-order chi connectivity index (χ1) is 8.78. The van der Waals surface area contributed by atoms with E-state index in [2.05, 4.69) is 20.5 Å². The third kappa shape index (κ3) is 1.87. The highest BCUT2D eigenvalue weighted by molar-refractivity contribution is 6.31. The number of aromatic nitrogens is 3. The number of benzene rings is 1. The maximum atomic E-state index is 5.96. The van der Waals surface area contributed by atoms with Gasteiger partial charge in [0.1, 0.15) is 29.5 Å². The second-order valence-electron chi connectivity index (χ2n) is 3.92. The molecule has 0 saturated carbocycles. The van der Waals surface area contributed by atoms with Crippen molar-refractivity contribution in [2.45, 2.75) is 6.04 Å². The Morgan fingerprint density at radius 2 is 2.28 bits per heavy atom. The van der Waals surface area contributed by atoms with E-state index >= 15 is 0 Å². The van der Waals surface area contributed by atoms with Crippen LogP contribution in [0, 0.1) is 0 Å². The van der Waals surface area contributed by atoms with Gasteiger partial charge in [-0.25, -0.2) is 4.98 Å². The van der Waals surface area contributed by atoms with Gasteiger partial charge in [0.25, 0.3) is 0 Å².